The van der Waals surface area contributed by atoms with Crippen LogP contribution in [0.2, 0.25) is 5.02 Å². The lowest BCUT2D eigenvalue weighted by Gasteiger charge is -2.30. The first-order valence-corrected chi connectivity index (χ1v) is 10.9. The highest BCUT2D eigenvalue weighted by Gasteiger charge is 2.27. The number of hydrogen-bond donors (Lipinski definition) is 0. The molecule has 3 rings (SSSR count). The SMILES string of the molecule is CCCCN(C(=O)c1cc(OC)cc(OC)c1)C(C)c1nc2ccc(Cl)cc2c(=O)n1C. The second kappa shape index (κ2) is 10.0. The van der Waals surface area contributed by atoms with Crippen molar-refractivity contribution in [1.29, 1.82) is 0 Å². The van der Waals surface area contributed by atoms with Gasteiger partial charge in [0.15, 0.2) is 0 Å². The van der Waals surface area contributed by atoms with Crippen molar-refractivity contribution in [3.8, 4) is 11.5 Å². The number of rotatable bonds is 8. The molecule has 32 heavy (non-hydrogen) atoms. The number of halogens is 1. The van der Waals surface area contributed by atoms with Gasteiger partial charge in [-0.1, -0.05) is 24.9 Å². The Labute approximate surface area is 192 Å². The van der Waals surface area contributed by atoms with Gasteiger partial charge in [0.25, 0.3) is 11.5 Å². The molecule has 1 unspecified atom stereocenters. The first kappa shape index (κ1) is 23.6. The normalized spacial score (nSPS) is 11.9. The Kier molecular flexibility index (Phi) is 7.40. The van der Waals surface area contributed by atoms with E-state index in [0.717, 1.165) is 12.8 Å². The van der Waals surface area contributed by atoms with Crippen molar-refractivity contribution in [3.05, 3.63) is 63.2 Å². The summed E-state index contributed by atoms with van der Waals surface area (Å²) >= 11 is 6.06. The number of unbranched alkanes of at least 4 members (excludes halogenated alkanes) is 1. The Bertz CT molecular complexity index is 1170. The highest BCUT2D eigenvalue weighted by Crippen LogP contribution is 2.27. The van der Waals surface area contributed by atoms with Gasteiger partial charge in [0.1, 0.15) is 17.3 Å². The Balaban J connectivity index is 2.08. The second-order valence-electron chi connectivity index (χ2n) is 7.63. The highest BCUT2D eigenvalue weighted by molar-refractivity contribution is 6.31. The largest absolute Gasteiger partial charge is 0.497 e. The summed E-state index contributed by atoms with van der Waals surface area (Å²) in [6.07, 6.45) is 1.73. The molecular weight excluding hydrogens is 430 g/mol. The van der Waals surface area contributed by atoms with E-state index in [1.807, 2.05) is 6.92 Å². The zero-order valence-corrected chi connectivity index (χ0v) is 19.8. The van der Waals surface area contributed by atoms with Crippen molar-refractivity contribution in [2.75, 3.05) is 20.8 Å². The summed E-state index contributed by atoms with van der Waals surface area (Å²) in [6.45, 7) is 4.47. The smallest absolute Gasteiger partial charge is 0.261 e. The summed E-state index contributed by atoms with van der Waals surface area (Å²) in [5.74, 6) is 1.38. The van der Waals surface area contributed by atoms with Crippen molar-refractivity contribution in [1.82, 2.24) is 14.5 Å². The van der Waals surface area contributed by atoms with Crippen molar-refractivity contribution in [2.45, 2.75) is 32.7 Å². The molecule has 0 saturated heterocycles. The van der Waals surface area contributed by atoms with Crippen molar-refractivity contribution < 1.29 is 14.3 Å². The van der Waals surface area contributed by atoms with Gasteiger partial charge in [0.05, 0.1) is 31.2 Å². The number of carbonyl (C=O) groups is 1. The number of fused-ring (bicyclic) bond motifs is 1. The summed E-state index contributed by atoms with van der Waals surface area (Å²) in [6, 6.07) is 9.69. The van der Waals surface area contributed by atoms with E-state index in [-0.39, 0.29) is 11.5 Å². The Morgan fingerprint density at radius 1 is 1.16 bits per heavy atom. The lowest BCUT2D eigenvalue weighted by molar-refractivity contribution is 0.0676. The topological polar surface area (TPSA) is 73.7 Å². The monoisotopic (exact) mass is 457 g/mol. The molecular formula is C24H28ClN3O4. The number of methoxy groups -OCH3 is 2. The predicted octanol–water partition coefficient (Wildman–Crippen LogP) is 4.61. The van der Waals surface area contributed by atoms with E-state index in [0.29, 0.717) is 45.4 Å². The van der Waals surface area contributed by atoms with Gasteiger partial charge >= 0.3 is 0 Å². The van der Waals surface area contributed by atoms with Crippen LogP contribution in [0.3, 0.4) is 0 Å². The average molecular weight is 458 g/mol. The molecule has 1 aromatic heterocycles. The first-order chi connectivity index (χ1) is 15.3. The molecule has 1 atom stereocenters. The number of nitrogens with zero attached hydrogens (tertiary/aromatic N) is 3. The zero-order chi connectivity index (χ0) is 23.4. The maximum absolute atomic E-state index is 13.6. The molecule has 8 heteroatoms. The van der Waals surface area contributed by atoms with Gasteiger partial charge < -0.3 is 14.4 Å². The maximum Gasteiger partial charge on any atom is 0.261 e. The fraction of sp³-hybridized carbons (Fsp3) is 0.375. The molecule has 0 aliphatic rings. The van der Waals surface area contributed by atoms with Crippen LogP contribution in [0.4, 0.5) is 0 Å². The van der Waals surface area contributed by atoms with E-state index in [4.69, 9.17) is 26.1 Å². The minimum atomic E-state index is -0.441. The fourth-order valence-corrected chi connectivity index (χ4v) is 3.84. The zero-order valence-electron chi connectivity index (χ0n) is 19.0. The average Bonchev–Trinajstić information content (AvgIpc) is 2.81. The molecule has 0 bridgehead atoms. The molecule has 1 amide bonds. The highest BCUT2D eigenvalue weighted by atomic mass is 35.5. The summed E-state index contributed by atoms with van der Waals surface area (Å²) < 4.78 is 12.1. The summed E-state index contributed by atoms with van der Waals surface area (Å²) in [7, 11) is 4.75. The van der Waals surface area contributed by atoms with Crippen LogP contribution in [0, 0.1) is 0 Å². The molecule has 0 aliphatic heterocycles. The maximum atomic E-state index is 13.6. The van der Waals surface area contributed by atoms with Crippen LogP contribution >= 0.6 is 11.6 Å². The van der Waals surface area contributed by atoms with Crippen LogP contribution in [0.15, 0.2) is 41.2 Å². The van der Waals surface area contributed by atoms with Gasteiger partial charge in [-0.15, -0.1) is 0 Å². The number of carbonyl (C=O) groups excluding carboxylic acids is 1. The molecule has 7 nitrogen and oxygen atoms in total. The van der Waals surface area contributed by atoms with Crippen LogP contribution in [0.1, 0.15) is 48.9 Å². The molecule has 0 radical (unpaired) electrons. The minimum absolute atomic E-state index is 0.186. The molecule has 170 valence electrons. The van der Waals surface area contributed by atoms with Crippen LogP contribution in [-0.4, -0.2) is 41.1 Å². The molecule has 2 aromatic carbocycles. The third kappa shape index (κ3) is 4.72. The van der Waals surface area contributed by atoms with Gasteiger partial charge in [0.2, 0.25) is 0 Å². The summed E-state index contributed by atoms with van der Waals surface area (Å²) in [4.78, 5) is 33.0. The third-order valence-electron chi connectivity index (χ3n) is 5.53. The molecule has 0 fully saturated rings. The summed E-state index contributed by atoms with van der Waals surface area (Å²) in [5, 5.41) is 0.920. The molecule has 0 spiro atoms. The van der Waals surface area contributed by atoms with Crippen LogP contribution in [0.5, 0.6) is 11.5 Å². The molecule has 3 aromatic rings. The Morgan fingerprint density at radius 2 is 1.81 bits per heavy atom. The van der Waals surface area contributed by atoms with E-state index in [1.54, 1.807) is 62.6 Å². The van der Waals surface area contributed by atoms with Crippen LogP contribution in [-0.2, 0) is 7.05 Å². The van der Waals surface area contributed by atoms with Gasteiger partial charge in [-0.05, 0) is 43.7 Å². The first-order valence-electron chi connectivity index (χ1n) is 10.5. The van der Waals surface area contributed by atoms with Gasteiger partial charge in [-0.25, -0.2) is 4.98 Å². The second-order valence-corrected chi connectivity index (χ2v) is 8.06. The van der Waals surface area contributed by atoms with E-state index in [1.165, 1.54) is 4.57 Å². The van der Waals surface area contributed by atoms with E-state index in [2.05, 4.69) is 6.92 Å². The lowest BCUT2D eigenvalue weighted by Crippen LogP contribution is -2.38. The predicted molar refractivity (Wildman–Crippen MR) is 126 cm³/mol. The Hall–Kier alpha value is -3.06. The number of amides is 1. The molecule has 1 heterocycles. The van der Waals surface area contributed by atoms with Crippen LogP contribution in [0.25, 0.3) is 10.9 Å². The standard InChI is InChI=1S/C24H28ClN3O4/c1-6-7-10-28(23(29)16-11-18(31-4)14-19(12-16)32-5)15(2)22-26-21-9-8-17(25)13-20(21)24(30)27(22)3/h8-9,11-15H,6-7,10H2,1-5H3. The van der Waals surface area contributed by atoms with E-state index >= 15 is 0 Å². The fourth-order valence-electron chi connectivity index (χ4n) is 3.67. The Morgan fingerprint density at radius 3 is 2.41 bits per heavy atom. The molecule has 0 saturated carbocycles. The summed E-state index contributed by atoms with van der Waals surface area (Å²) in [5.41, 5.74) is 0.789. The number of benzene rings is 2. The third-order valence-corrected chi connectivity index (χ3v) is 5.76. The lowest BCUT2D eigenvalue weighted by atomic mass is 10.1. The van der Waals surface area contributed by atoms with Crippen LogP contribution < -0.4 is 15.0 Å². The van der Waals surface area contributed by atoms with E-state index in [9.17, 15) is 9.59 Å². The van der Waals surface area contributed by atoms with Crippen molar-refractivity contribution in [3.63, 3.8) is 0 Å². The quantitative estimate of drug-likeness (QED) is 0.494. The minimum Gasteiger partial charge on any atom is -0.497 e. The van der Waals surface area contributed by atoms with Crippen molar-refractivity contribution in [2.24, 2.45) is 7.05 Å². The molecule has 0 aliphatic carbocycles. The number of aromatic nitrogens is 2. The van der Waals surface area contributed by atoms with E-state index < -0.39 is 6.04 Å². The van der Waals surface area contributed by atoms with Gasteiger partial charge in [-0.2, -0.15) is 0 Å². The van der Waals surface area contributed by atoms with Gasteiger partial charge in [-0.3, -0.25) is 14.2 Å². The van der Waals surface area contributed by atoms with Crippen molar-refractivity contribution >= 4 is 28.4 Å². The van der Waals surface area contributed by atoms with Gasteiger partial charge in [0, 0.05) is 30.2 Å². The number of ether oxygens (including phenoxy) is 2. The number of hydrogen-bond acceptors (Lipinski definition) is 5. The molecule has 0 N–H and O–H groups in total.